The molecule has 1 saturated carbocycles. The minimum absolute atomic E-state index is 0.374. The Morgan fingerprint density at radius 2 is 2.00 bits per heavy atom. The Morgan fingerprint density at radius 3 is 2.65 bits per heavy atom. The number of ether oxygens (including phenoxy) is 2. The number of hydrogen-bond donors (Lipinski definition) is 1. The van der Waals surface area contributed by atoms with E-state index in [-0.39, 0.29) is 0 Å². The maximum Gasteiger partial charge on any atom is 0.129 e. The van der Waals surface area contributed by atoms with Crippen LogP contribution in [-0.4, -0.2) is 49.3 Å². The smallest absolute Gasteiger partial charge is 0.129 e. The standard InChI is InChI=1S/C15H22N2O2S/c1-18-10-8-17(12-6-7-12)9-11-19-14-5-3-2-4-13(14)15(16)20/h2-5,12H,6-11H2,1H3,(H2,16,20). The molecule has 1 aromatic rings. The monoisotopic (exact) mass is 294 g/mol. The fourth-order valence-corrected chi connectivity index (χ4v) is 2.36. The van der Waals surface area contributed by atoms with Crippen molar-refractivity contribution in [2.75, 3.05) is 33.4 Å². The second-order valence-electron chi connectivity index (χ2n) is 4.97. The van der Waals surface area contributed by atoms with Gasteiger partial charge in [0.05, 0.1) is 12.2 Å². The molecular formula is C15H22N2O2S. The van der Waals surface area contributed by atoms with Crippen LogP contribution in [0.4, 0.5) is 0 Å². The van der Waals surface area contributed by atoms with Gasteiger partial charge in [0, 0.05) is 26.2 Å². The largest absolute Gasteiger partial charge is 0.492 e. The highest BCUT2D eigenvalue weighted by molar-refractivity contribution is 7.80. The third-order valence-electron chi connectivity index (χ3n) is 3.43. The molecule has 0 heterocycles. The fraction of sp³-hybridized carbons (Fsp3) is 0.533. The molecule has 2 rings (SSSR count). The third-order valence-corrected chi connectivity index (χ3v) is 3.65. The highest BCUT2D eigenvalue weighted by atomic mass is 32.1. The molecule has 4 nitrogen and oxygen atoms in total. The molecule has 0 amide bonds. The summed E-state index contributed by atoms with van der Waals surface area (Å²) in [5.74, 6) is 0.766. The SMILES string of the molecule is COCCN(CCOc1ccccc1C(N)=S)C1CC1. The molecule has 0 radical (unpaired) electrons. The van der Waals surface area contributed by atoms with Crippen molar-refractivity contribution in [1.29, 1.82) is 0 Å². The van der Waals surface area contributed by atoms with E-state index in [0.29, 0.717) is 17.6 Å². The minimum Gasteiger partial charge on any atom is -0.492 e. The Morgan fingerprint density at radius 1 is 1.30 bits per heavy atom. The summed E-state index contributed by atoms with van der Waals surface area (Å²) < 4.78 is 11.0. The molecule has 0 atom stereocenters. The summed E-state index contributed by atoms with van der Waals surface area (Å²) >= 11 is 5.03. The predicted octanol–water partition coefficient (Wildman–Crippen LogP) is 1.81. The summed E-state index contributed by atoms with van der Waals surface area (Å²) in [5, 5.41) is 0. The molecule has 0 aliphatic heterocycles. The number of benzene rings is 1. The summed E-state index contributed by atoms with van der Waals surface area (Å²) in [6.45, 7) is 3.26. The molecule has 110 valence electrons. The lowest BCUT2D eigenvalue weighted by Gasteiger charge is -2.21. The number of methoxy groups -OCH3 is 1. The van der Waals surface area contributed by atoms with Crippen LogP contribution in [0.5, 0.6) is 5.75 Å². The predicted molar refractivity (Wildman–Crippen MR) is 84.3 cm³/mol. The molecule has 0 bridgehead atoms. The van der Waals surface area contributed by atoms with E-state index < -0.39 is 0 Å². The zero-order chi connectivity index (χ0) is 14.4. The molecule has 0 saturated heterocycles. The van der Waals surface area contributed by atoms with Crippen molar-refractivity contribution in [1.82, 2.24) is 4.90 Å². The highest BCUT2D eigenvalue weighted by Crippen LogP contribution is 2.26. The van der Waals surface area contributed by atoms with E-state index in [1.165, 1.54) is 12.8 Å². The topological polar surface area (TPSA) is 47.7 Å². The lowest BCUT2D eigenvalue weighted by atomic mass is 10.2. The van der Waals surface area contributed by atoms with Gasteiger partial charge in [0.25, 0.3) is 0 Å². The number of hydrogen-bond acceptors (Lipinski definition) is 4. The molecule has 0 unspecified atom stereocenters. The van der Waals surface area contributed by atoms with Crippen molar-refractivity contribution in [2.45, 2.75) is 18.9 Å². The number of thiocarbonyl (C=S) groups is 1. The van der Waals surface area contributed by atoms with E-state index in [2.05, 4.69) is 4.90 Å². The first-order valence-electron chi connectivity index (χ1n) is 6.97. The first kappa shape index (κ1) is 15.2. The van der Waals surface area contributed by atoms with Crippen LogP contribution < -0.4 is 10.5 Å². The Hall–Kier alpha value is -1.17. The van der Waals surface area contributed by atoms with Crippen molar-refractivity contribution in [2.24, 2.45) is 5.73 Å². The first-order chi connectivity index (χ1) is 9.72. The average Bonchev–Trinajstić information content (AvgIpc) is 3.27. The quantitative estimate of drug-likeness (QED) is 0.704. The zero-order valence-corrected chi connectivity index (χ0v) is 12.7. The van der Waals surface area contributed by atoms with Crippen molar-refractivity contribution >= 4 is 17.2 Å². The molecule has 1 aromatic carbocycles. The molecule has 0 spiro atoms. The van der Waals surface area contributed by atoms with Gasteiger partial charge in [0.15, 0.2) is 0 Å². The van der Waals surface area contributed by atoms with E-state index in [0.717, 1.165) is 31.0 Å². The second-order valence-corrected chi connectivity index (χ2v) is 5.41. The first-order valence-corrected chi connectivity index (χ1v) is 7.38. The van der Waals surface area contributed by atoms with Gasteiger partial charge < -0.3 is 15.2 Å². The van der Waals surface area contributed by atoms with Crippen LogP contribution in [0.1, 0.15) is 18.4 Å². The lowest BCUT2D eigenvalue weighted by molar-refractivity contribution is 0.130. The van der Waals surface area contributed by atoms with Crippen LogP contribution in [0, 0.1) is 0 Å². The van der Waals surface area contributed by atoms with Crippen LogP contribution in [0.25, 0.3) is 0 Å². The van der Waals surface area contributed by atoms with Crippen molar-refractivity contribution < 1.29 is 9.47 Å². The Labute approximate surface area is 125 Å². The zero-order valence-electron chi connectivity index (χ0n) is 11.9. The number of nitrogens with two attached hydrogens (primary N) is 1. The van der Waals surface area contributed by atoms with Gasteiger partial charge in [-0.05, 0) is 25.0 Å². The Balaban J connectivity index is 1.83. The van der Waals surface area contributed by atoms with E-state index >= 15 is 0 Å². The maximum absolute atomic E-state index is 5.84. The van der Waals surface area contributed by atoms with Crippen molar-refractivity contribution in [3.8, 4) is 5.75 Å². The molecule has 1 fully saturated rings. The van der Waals surface area contributed by atoms with Gasteiger partial charge in [-0.2, -0.15) is 0 Å². The van der Waals surface area contributed by atoms with Crippen LogP contribution in [0.2, 0.25) is 0 Å². The normalized spacial score (nSPS) is 14.5. The average molecular weight is 294 g/mol. The highest BCUT2D eigenvalue weighted by Gasteiger charge is 2.28. The Bertz CT molecular complexity index is 449. The fourth-order valence-electron chi connectivity index (χ4n) is 2.19. The number of nitrogens with zero attached hydrogens (tertiary/aromatic N) is 1. The van der Waals surface area contributed by atoms with E-state index in [1.54, 1.807) is 7.11 Å². The summed E-state index contributed by atoms with van der Waals surface area (Å²) in [6, 6.07) is 8.35. The van der Waals surface area contributed by atoms with Gasteiger partial charge in [0.1, 0.15) is 17.3 Å². The van der Waals surface area contributed by atoms with Gasteiger partial charge in [-0.15, -0.1) is 0 Å². The molecule has 1 aliphatic carbocycles. The third kappa shape index (κ3) is 4.44. The minimum atomic E-state index is 0.374. The number of rotatable bonds is 9. The van der Waals surface area contributed by atoms with Gasteiger partial charge >= 0.3 is 0 Å². The van der Waals surface area contributed by atoms with Crippen LogP contribution in [-0.2, 0) is 4.74 Å². The number of para-hydroxylation sites is 1. The summed E-state index contributed by atoms with van der Waals surface area (Å²) in [7, 11) is 1.74. The van der Waals surface area contributed by atoms with E-state index in [1.807, 2.05) is 24.3 Å². The van der Waals surface area contributed by atoms with E-state index in [4.69, 9.17) is 27.4 Å². The molecular weight excluding hydrogens is 272 g/mol. The van der Waals surface area contributed by atoms with Crippen LogP contribution >= 0.6 is 12.2 Å². The summed E-state index contributed by atoms with van der Waals surface area (Å²) in [4.78, 5) is 2.80. The molecule has 0 aromatic heterocycles. The second kappa shape index (κ2) is 7.57. The van der Waals surface area contributed by atoms with Crippen molar-refractivity contribution in [3.05, 3.63) is 29.8 Å². The lowest BCUT2D eigenvalue weighted by Crippen LogP contribution is -2.33. The summed E-state index contributed by atoms with van der Waals surface area (Å²) in [5.41, 5.74) is 6.50. The van der Waals surface area contributed by atoms with Crippen molar-refractivity contribution in [3.63, 3.8) is 0 Å². The van der Waals surface area contributed by atoms with Crippen LogP contribution in [0.3, 0.4) is 0 Å². The molecule has 5 heteroatoms. The summed E-state index contributed by atoms with van der Waals surface area (Å²) in [6.07, 6.45) is 2.57. The van der Waals surface area contributed by atoms with Gasteiger partial charge in [-0.25, -0.2) is 0 Å². The van der Waals surface area contributed by atoms with E-state index in [9.17, 15) is 0 Å². The Kier molecular flexibility index (Phi) is 5.76. The van der Waals surface area contributed by atoms with Gasteiger partial charge in [0.2, 0.25) is 0 Å². The van der Waals surface area contributed by atoms with Crippen LogP contribution in [0.15, 0.2) is 24.3 Å². The van der Waals surface area contributed by atoms with Gasteiger partial charge in [-0.1, -0.05) is 24.4 Å². The molecule has 20 heavy (non-hydrogen) atoms. The maximum atomic E-state index is 5.84. The molecule has 1 aliphatic rings. The van der Waals surface area contributed by atoms with Gasteiger partial charge in [-0.3, -0.25) is 4.90 Å². The molecule has 2 N–H and O–H groups in total.